The third-order valence-corrected chi connectivity index (χ3v) is 3.67. The van der Waals surface area contributed by atoms with Crippen LogP contribution in [0.25, 0.3) is 0 Å². The Labute approximate surface area is 109 Å². The van der Waals surface area contributed by atoms with E-state index in [-0.39, 0.29) is 11.9 Å². The number of thiophene rings is 1. The maximum Gasteiger partial charge on any atom is 0.240 e. The zero-order valence-corrected chi connectivity index (χ0v) is 10.7. The van der Waals surface area contributed by atoms with Gasteiger partial charge in [-0.05, 0) is 34.5 Å². The van der Waals surface area contributed by atoms with Gasteiger partial charge in [0.25, 0.3) is 0 Å². The van der Waals surface area contributed by atoms with Crippen LogP contribution in [0.3, 0.4) is 0 Å². The Hall–Kier alpha value is -1.88. The van der Waals surface area contributed by atoms with E-state index in [4.69, 9.17) is 4.42 Å². The monoisotopic (exact) mass is 260 g/mol. The van der Waals surface area contributed by atoms with E-state index >= 15 is 0 Å². The molecule has 5 heteroatoms. The number of hydrazone groups is 1. The van der Waals surface area contributed by atoms with Crippen LogP contribution in [-0.2, 0) is 4.79 Å². The van der Waals surface area contributed by atoms with E-state index in [2.05, 4.69) is 10.5 Å². The van der Waals surface area contributed by atoms with E-state index in [1.165, 1.54) is 6.92 Å². The van der Waals surface area contributed by atoms with Gasteiger partial charge >= 0.3 is 0 Å². The summed E-state index contributed by atoms with van der Waals surface area (Å²) < 4.78 is 5.35. The zero-order chi connectivity index (χ0) is 12.5. The molecule has 0 N–H and O–H groups in total. The minimum Gasteiger partial charge on any atom is -0.463 e. The van der Waals surface area contributed by atoms with E-state index in [0.29, 0.717) is 6.42 Å². The topological polar surface area (TPSA) is 45.8 Å². The van der Waals surface area contributed by atoms with Gasteiger partial charge in [0.1, 0.15) is 11.5 Å². The second kappa shape index (κ2) is 4.42. The molecule has 2 aromatic heterocycles. The van der Waals surface area contributed by atoms with Crippen LogP contribution in [-0.4, -0.2) is 16.6 Å². The molecule has 0 bridgehead atoms. The van der Waals surface area contributed by atoms with Gasteiger partial charge in [0, 0.05) is 13.3 Å². The number of carbonyl (C=O) groups excluding carboxylic acids is 1. The average molecular weight is 260 g/mol. The standard InChI is InChI=1S/C13H12N2O2S/c1-9(16)15-12(10-4-6-18-8-10)7-11(14-15)13-3-2-5-17-13/h2-6,8,12H,7H2,1H3/t12-/m1/s1. The minimum absolute atomic E-state index is 0.00569. The van der Waals surface area contributed by atoms with Crippen molar-refractivity contribution in [1.82, 2.24) is 5.01 Å². The van der Waals surface area contributed by atoms with Crippen molar-refractivity contribution in [2.75, 3.05) is 0 Å². The Balaban J connectivity index is 1.93. The van der Waals surface area contributed by atoms with E-state index < -0.39 is 0 Å². The summed E-state index contributed by atoms with van der Waals surface area (Å²) in [6.45, 7) is 1.54. The Morgan fingerprint density at radius 3 is 3.06 bits per heavy atom. The van der Waals surface area contributed by atoms with Crippen LogP contribution < -0.4 is 0 Å². The van der Waals surface area contributed by atoms with E-state index in [1.54, 1.807) is 22.6 Å². The lowest BCUT2D eigenvalue weighted by atomic mass is 10.0. The molecule has 3 rings (SSSR count). The van der Waals surface area contributed by atoms with Crippen LogP contribution in [0.4, 0.5) is 0 Å². The van der Waals surface area contributed by atoms with E-state index in [9.17, 15) is 4.79 Å². The zero-order valence-electron chi connectivity index (χ0n) is 9.87. The Kier molecular flexibility index (Phi) is 2.76. The van der Waals surface area contributed by atoms with E-state index in [0.717, 1.165) is 17.0 Å². The molecule has 1 aliphatic heterocycles. The first-order valence-electron chi connectivity index (χ1n) is 5.69. The van der Waals surface area contributed by atoms with Gasteiger partial charge in [0.05, 0.1) is 12.3 Å². The van der Waals surface area contributed by atoms with Gasteiger partial charge in [-0.25, -0.2) is 5.01 Å². The fraction of sp³-hybridized carbons (Fsp3) is 0.231. The molecule has 18 heavy (non-hydrogen) atoms. The van der Waals surface area contributed by atoms with Crippen molar-refractivity contribution in [3.63, 3.8) is 0 Å². The molecule has 0 aliphatic carbocycles. The Morgan fingerprint density at radius 1 is 1.56 bits per heavy atom. The summed E-state index contributed by atoms with van der Waals surface area (Å²) in [5.74, 6) is 0.687. The van der Waals surface area contributed by atoms with Crippen LogP contribution in [0, 0.1) is 0 Å². The van der Waals surface area contributed by atoms with Gasteiger partial charge in [-0.3, -0.25) is 4.79 Å². The molecule has 1 aliphatic rings. The van der Waals surface area contributed by atoms with Gasteiger partial charge in [-0.1, -0.05) is 0 Å². The molecule has 2 aromatic rings. The van der Waals surface area contributed by atoms with Crippen LogP contribution >= 0.6 is 11.3 Å². The molecule has 92 valence electrons. The molecular weight excluding hydrogens is 248 g/mol. The summed E-state index contributed by atoms with van der Waals surface area (Å²) in [6.07, 6.45) is 2.32. The number of hydrogen-bond donors (Lipinski definition) is 0. The molecule has 0 fully saturated rings. The number of rotatable bonds is 2. The molecule has 1 atom stereocenters. The lowest BCUT2D eigenvalue weighted by molar-refractivity contribution is -0.130. The first-order valence-corrected chi connectivity index (χ1v) is 6.63. The number of hydrogen-bond acceptors (Lipinski definition) is 4. The van der Waals surface area contributed by atoms with Crippen LogP contribution in [0.2, 0.25) is 0 Å². The van der Waals surface area contributed by atoms with Gasteiger partial charge in [0.15, 0.2) is 0 Å². The van der Waals surface area contributed by atoms with Gasteiger partial charge in [-0.15, -0.1) is 0 Å². The highest BCUT2D eigenvalue weighted by Gasteiger charge is 2.32. The van der Waals surface area contributed by atoms with Crippen LogP contribution in [0.5, 0.6) is 0 Å². The fourth-order valence-corrected chi connectivity index (χ4v) is 2.82. The smallest absolute Gasteiger partial charge is 0.240 e. The van der Waals surface area contributed by atoms with Gasteiger partial charge in [0.2, 0.25) is 5.91 Å². The molecule has 0 unspecified atom stereocenters. The maximum atomic E-state index is 11.7. The van der Waals surface area contributed by atoms with Crippen molar-refractivity contribution < 1.29 is 9.21 Å². The predicted molar refractivity (Wildman–Crippen MR) is 69.4 cm³/mol. The molecule has 4 nitrogen and oxygen atoms in total. The number of furan rings is 1. The molecule has 0 saturated carbocycles. The average Bonchev–Trinajstić information content (AvgIpc) is 3.10. The summed E-state index contributed by atoms with van der Waals surface area (Å²) >= 11 is 1.63. The third kappa shape index (κ3) is 1.86. The van der Waals surface area contributed by atoms with Crippen molar-refractivity contribution >= 4 is 23.0 Å². The van der Waals surface area contributed by atoms with Crippen LogP contribution in [0.1, 0.15) is 30.7 Å². The SMILES string of the molecule is CC(=O)N1N=C(c2ccco2)C[C@@H]1c1ccsc1. The minimum atomic E-state index is -0.0484. The Bertz CT molecular complexity index is 572. The first kappa shape index (κ1) is 11.2. The lowest BCUT2D eigenvalue weighted by Crippen LogP contribution is -2.23. The van der Waals surface area contributed by atoms with Gasteiger partial charge < -0.3 is 4.42 Å². The number of amides is 1. The van der Waals surface area contributed by atoms with Crippen molar-refractivity contribution in [3.05, 3.63) is 46.5 Å². The summed E-state index contributed by atoms with van der Waals surface area (Å²) in [6, 6.07) is 5.72. The van der Waals surface area contributed by atoms with Crippen molar-refractivity contribution in [2.24, 2.45) is 5.10 Å². The summed E-state index contributed by atoms with van der Waals surface area (Å²) in [4.78, 5) is 11.7. The van der Waals surface area contributed by atoms with E-state index in [1.807, 2.05) is 23.6 Å². The second-order valence-electron chi connectivity index (χ2n) is 4.16. The normalized spacial score (nSPS) is 19.1. The fourth-order valence-electron chi connectivity index (χ4n) is 2.12. The van der Waals surface area contributed by atoms with Crippen LogP contribution in [0.15, 0.2) is 44.7 Å². The molecular formula is C13H12N2O2S. The van der Waals surface area contributed by atoms with Crippen molar-refractivity contribution in [1.29, 1.82) is 0 Å². The largest absolute Gasteiger partial charge is 0.463 e. The highest BCUT2D eigenvalue weighted by atomic mass is 32.1. The molecule has 1 amide bonds. The quantitative estimate of drug-likeness (QED) is 0.833. The highest BCUT2D eigenvalue weighted by molar-refractivity contribution is 7.08. The first-order chi connectivity index (χ1) is 8.75. The summed E-state index contributed by atoms with van der Waals surface area (Å²) in [7, 11) is 0. The highest BCUT2D eigenvalue weighted by Crippen LogP contribution is 2.33. The maximum absolute atomic E-state index is 11.7. The molecule has 0 aromatic carbocycles. The lowest BCUT2D eigenvalue weighted by Gasteiger charge is -2.18. The molecule has 0 saturated heterocycles. The second-order valence-corrected chi connectivity index (χ2v) is 4.94. The third-order valence-electron chi connectivity index (χ3n) is 2.97. The van der Waals surface area contributed by atoms with Gasteiger partial charge in [-0.2, -0.15) is 16.4 Å². The predicted octanol–water partition coefficient (Wildman–Crippen LogP) is 3.04. The molecule has 0 spiro atoms. The summed E-state index contributed by atoms with van der Waals surface area (Å²) in [5, 5.41) is 9.99. The van der Waals surface area contributed by atoms with Crippen molar-refractivity contribution in [2.45, 2.75) is 19.4 Å². The Morgan fingerprint density at radius 2 is 2.44 bits per heavy atom. The number of carbonyl (C=O) groups is 1. The molecule has 0 radical (unpaired) electrons. The summed E-state index contributed by atoms with van der Waals surface area (Å²) in [5.41, 5.74) is 1.95. The molecule has 3 heterocycles. The van der Waals surface area contributed by atoms with Crippen molar-refractivity contribution in [3.8, 4) is 0 Å². The number of nitrogens with zero attached hydrogens (tertiary/aromatic N) is 2.